The van der Waals surface area contributed by atoms with E-state index in [2.05, 4.69) is 39.7 Å². The molecule has 6 nitrogen and oxygen atoms in total. The average molecular weight is 475 g/mol. The second kappa shape index (κ2) is 8.62. The number of amides is 1. The van der Waals surface area contributed by atoms with Crippen molar-refractivity contribution in [3.8, 4) is 16.9 Å². The van der Waals surface area contributed by atoms with E-state index in [1.165, 1.54) is 16.0 Å². The van der Waals surface area contributed by atoms with Crippen molar-refractivity contribution in [3.05, 3.63) is 118 Å². The Morgan fingerprint density at radius 2 is 1.51 bits per heavy atom. The average Bonchev–Trinajstić information content (AvgIpc) is 3.37. The van der Waals surface area contributed by atoms with Gasteiger partial charge in [0.25, 0.3) is 11.5 Å². The van der Waals surface area contributed by atoms with E-state index >= 15 is 0 Å². The summed E-state index contributed by atoms with van der Waals surface area (Å²) in [5, 5.41) is 12.9. The molecule has 0 radical (unpaired) electrons. The van der Waals surface area contributed by atoms with Crippen LogP contribution in [-0.4, -0.2) is 20.7 Å². The predicted octanol–water partition coefficient (Wildman–Crippen LogP) is 5.91. The summed E-state index contributed by atoms with van der Waals surface area (Å²) in [7, 11) is 0. The Labute approximate surface area is 204 Å². The molecule has 0 bridgehead atoms. The lowest BCUT2D eigenvalue weighted by Crippen LogP contribution is -2.26. The Morgan fingerprint density at radius 1 is 0.800 bits per heavy atom. The van der Waals surface area contributed by atoms with E-state index in [0.717, 1.165) is 22.0 Å². The number of carbonyl (C=O) groups is 1. The second-order valence-corrected chi connectivity index (χ2v) is 8.86. The van der Waals surface area contributed by atoms with Gasteiger partial charge < -0.3 is 0 Å². The van der Waals surface area contributed by atoms with Gasteiger partial charge in [-0.15, -0.1) is 11.3 Å². The van der Waals surface area contributed by atoms with Gasteiger partial charge in [-0.1, -0.05) is 72.8 Å². The molecule has 0 spiro atoms. The number of nitrogens with zero attached hydrogens (tertiary/aromatic N) is 3. The summed E-state index contributed by atoms with van der Waals surface area (Å²) in [5.41, 5.74) is 2.22. The molecule has 1 N–H and O–H groups in total. The summed E-state index contributed by atoms with van der Waals surface area (Å²) in [6, 6.07) is 30.4. The van der Waals surface area contributed by atoms with Gasteiger partial charge in [0.15, 0.2) is 10.8 Å². The molecule has 0 fully saturated rings. The van der Waals surface area contributed by atoms with Crippen molar-refractivity contribution in [1.82, 2.24) is 14.8 Å². The van der Waals surface area contributed by atoms with Crippen molar-refractivity contribution in [1.29, 1.82) is 0 Å². The van der Waals surface area contributed by atoms with E-state index in [1.54, 1.807) is 36.4 Å². The molecule has 7 heteroatoms. The van der Waals surface area contributed by atoms with Gasteiger partial charge in [-0.2, -0.15) is 9.78 Å². The van der Waals surface area contributed by atoms with E-state index < -0.39 is 5.91 Å². The van der Waals surface area contributed by atoms with E-state index in [4.69, 9.17) is 0 Å². The van der Waals surface area contributed by atoms with Crippen molar-refractivity contribution in [2.45, 2.75) is 0 Å². The highest BCUT2D eigenvalue weighted by Gasteiger charge is 2.19. The van der Waals surface area contributed by atoms with E-state index in [1.807, 2.05) is 41.8 Å². The van der Waals surface area contributed by atoms with Gasteiger partial charge in [0.1, 0.15) is 0 Å². The standard InChI is InChI=1S/C28H18N4O2S/c33-26(30-28-29-24(17-35-28)20-15-14-18-8-4-5-9-19(18)16-20)25-22-12-6-7-13-23(22)27(34)32(31-25)21-10-2-1-3-11-21/h1-17H,(H,29,30,33). The third kappa shape index (κ3) is 3.88. The lowest BCUT2D eigenvalue weighted by molar-refractivity contribution is 0.102. The highest BCUT2D eigenvalue weighted by molar-refractivity contribution is 7.14. The number of benzene rings is 4. The molecule has 0 atom stereocenters. The molecule has 4 aromatic carbocycles. The van der Waals surface area contributed by atoms with Crippen LogP contribution in [0.2, 0.25) is 0 Å². The topological polar surface area (TPSA) is 76.9 Å². The smallest absolute Gasteiger partial charge is 0.279 e. The Bertz CT molecular complexity index is 1770. The molecule has 0 aliphatic carbocycles. The van der Waals surface area contributed by atoms with Gasteiger partial charge in [-0.3, -0.25) is 14.9 Å². The third-order valence-corrected chi connectivity index (χ3v) is 6.55. The number of carbonyl (C=O) groups excluding carboxylic acids is 1. The Hall–Kier alpha value is -4.62. The molecular weight excluding hydrogens is 456 g/mol. The van der Waals surface area contributed by atoms with Crippen LogP contribution in [0.15, 0.2) is 107 Å². The Morgan fingerprint density at radius 3 is 2.34 bits per heavy atom. The number of anilines is 1. The molecule has 0 unspecified atom stereocenters. The van der Waals surface area contributed by atoms with Crippen LogP contribution in [-0.2, 0) is 0 Å². The number of nitrogens with one attached hydrogen (secondary N) is 1. The number of rotatable bonds is 4. The lowest BCUT2D eigenvalue weighted by atomic mass is 10.1. The number of fused-ring (bicyclic) bond motifs is 2. The molecule has 6 rings (SSSR count). The number of hydrogen-bond donors (Lipinski definition) is 1. The minimum atomic E-state index is -0.426. The van der Waals surface area contributed by atoms with Crippen molar-refractivity contribution in [3.63, 3.8) is 0 Å². The monoisotopic (exact) mass is 474 g/mol. The zero-order valence-corrected chi connectivity index (χ0v) is 19.2. The van der Waals surface area contributed by atoms with E-state index in [9.17, 15) is 9.59 Å². The fourth-order valence-corrected chi connectivity index (χ4v) is 4.78. The molecular formula is C28H18N4O2S. The summed E-state index contributed by atoms with van der Waals surface area (Å²) in [4.78, 5) is 31.0. The molecule has 35 heavy (non-hydrogen) atoms. The minimum absolute atomic E-state index is 0.159. The molecule has 2 aromatic heterocycles. The number of hydrogen-bond acceptors (Lipinski definition) is 5. The van der Waals surface area contributed by atoms with Crippen LogP contribution in [0.25, 0.3) is 38.5 Å². The molecule has 2 heterocycles. The van der Waals surface area contributed by atoms with Crippen LogP contribution >= 0.6 is 11.3 Å². The van der Waals surface area contributed by atoms with E-state index in [-0.39, 0.29) is 11.3 Å². The Kier molecular flexibility index (Phi) is 5.16. The van der Waals surface area contributed by atoms with Crippen LogP contribution in [0.1, 0.15) is 10.5 Å². The molecule has 168 valence electrons. The van der Waals surface area contributed by atoms with E-state index in [0.29, 0.717) is 21.6 Å². The summed E-state index contributed by atoms with van der Waals surface area (Å²) >= 11 is 1.34. The molecule has 0 saturated heterocycles. The highest BCUT2D eigenvalue weighted by Crippen LogP contribution is 2.28. The third-order valence-electron chi connectivity index (χ3n) is 5.79. The van der Waals surface area contributed by atoms with Crippen LogP contribution in [0.3, 0.4) is 0 Å². The first kappa shape index (κ1) is 20.9. The first-order valence-electron chi connectivity index (χ1n) is 11.0. The van der Waals surface area contributed by atoms with Gasteiger partial charge in [0, 0.05) is 16.3 Å². The maximum absolute atomic E-state index is 13.3. The maximum Gasteiger partial charge on any atom is 0.279 e. The van der Waals surface area contributed by atoms with Gasteiger partial charge in [0.05, 0.1) is 16.8 Å². The fraction of sp³-hybridized carbons (Fsp3) is 0. The minimum Gasteiger partial charge on any atom is -0.296 e. The van der Waals surface area contributed by atoms with Crippen molar-refractivity contribution in [2.75, 3.05) is 5.32 Å². The fourth-order valence-electron chi connectivity index (χ4n) is 4.07. The van der Waals surface area contributed by atoms with Gasteiger partial charge >= 0.3 is 0 Å². The van der Waals surface area contributed by atoms with Crippen LogP contribution in [0.4, 0.5) is 5.13 Å². The Balaban J connectivity index is 1.36. The van der Waals surface area contributed by atoms with Crippen molar-refractivity contribution < 1.29 is 4.79 Å². The van der Waals surface area contributed by atoms with Crippen LogP contribution < -0.4 is 10.9 Å². The van der Waals surface area contributed by atoms with Gasteiger partial charge in [-0.25, -0.2) is 4.98 Å². The summed E-state index contributed by atoms with van der Waals surface area (Å²) < 4.78 is 1.26. The zero-order chi connectivity index (χ0) is 23.8. The molecule has 1 amide bonds. The first-order valence-corrected chi connectivity index (χ1v) is 11.9. The number of thiazole rings is 1. The van der Waals surface area contributed by atoms with Gasteiger partial charge in [0.2, 0.25) is 0 Å². The maximum atomic E-state index is 13.3. The highest BCUT2D eigenvalue weighted by atomic mass is 32.1. The summed E-state index contributed by atoms with van der Waals surface area (Å²) in [6.45, 7) is 0. The molecule has 6 aromatic rings. The second-order valence-electron chi connectivity index (χ2n) is 8.00. The quantitative estimate of drug-likeness (QED) is 0.344. The molecule has 0 aliphatic rings. The normalized spacial score (nSPS) is 11.1. The summed E-state index contributed by atoms with van der Waals surface area (Å²) in [5.74, 6) is -0.426. The van der Waals surface area contributed by atoms with Gasteiger partial charge in [-0.05, 0) is 35.0 Å². The number of aromatic nitrogens is 3. The van der Waals surface area contributed by atoms with Crippen LogP contribution in [0.5, 0.6) is 0 Å². The summed E-state index contributed by atoms with van der Waals surface area (Å²) in [6.07, 6.45) is 0. The first-order chi connectivity index (χ1) is 17.2. The zero-order valence-electron chi connectivity index (χ0n) is 18.4. The molecule has 0 aliphatic heterocycles. The van der Waals surface area contributed by atoms with Crippen molar-refractivity contribution in [2.24, 2.45) is 0 Å². The molecule has 0 saturated carbocycles. The predicted molar refractivity (Wildman–Crippen MR) is 140 cm³/mol. The largest absolute Gasteiger partial charge is 0.296 e. The lowest BCUT2D eigenvalue weighted by Gasteiger charge is -2.10. The number of para-hydroxylation sites is 1. The van der Waals surface area contributed by atoms with Crippen molar-refractivity contribution >= 4 is 43.9 Å². The van der Waals surface area contributed by atoms with Crippen LogP contribution in [0, 0.1) is 0 Å². The SMILES string of the molecule is O=C(Nc1nc(-c2ccc3ccccc3c2)cs1)c1nn(-c2ccccc2)c(=O)c2ccccc12.